The van der Waals surface area contributed by atoms with Gasteiger partial charge >= 0.3 is 6.03 Å². The van der Waals surface area contributed by atoms with E-state index in [2.05, 4.69) is 5.32 Å². The van der Waals surface area contributed by atoms with Gasteiger partial charge in [-0.2, -0.15) is 0 Å². The number of ketones is 1. The molecule has 2 amide bonds. The van der Waals surface area contributed by atoms with Crippen LogP contribution >= 0.6 is 11.6 Å². The van der Waals surface area contributed by atoms with Crippen LogP contribution in [-0.2, 0) is 0 Å². The van der Waals surface area contributed by atoms with Gasteiger partial charge in [0.2, 0.25) is 0 Å². The molecule has 0 radical (unpaired) electrons. The lowest BCUT2D eigenvalue weighted by atomic mass is 10.1. The van der Waals surface area contributed by atoms with Crippen molar-refractivity contribution in [2.24, 2.45) is 0 Å². The van der Waals surface area contributed by atoms with E-state index in [9.17, 15) is 14.0 Å². The summed E-state index contributed by atoms with van der Waals surface area (Å²) in [7, 11) is 0. The summed E-state index contributed by atoms with van der Waals surface area (Å²) in [5.41, 5.74) is 1.67. The third kappa shape index (κ3) is 4.44. The van der Waals surface area contributed by atoms with E-state index in [1.807, 2.05) is 30.0 Å². The molecular formula is C21H23ClFN3O2. The van der Waals surface area contributed by atoms with Crippen molar-refractivity contribution in [2.75, 3.05) is 31.1 Å². The van der Waals surface area contributed by atoms with Crippen molar-refractivity contribution in [3.8, 4) is 0 Å². The Bertz CT molecular complexity index is 882. The summed E-state index contributed by atoms with van der Waals surface area (Å²) in [5.74, 6) is -0.586. The molecule has 0 saturated carbocycles. The van der Waals surface area contributed by atoms with E-state index < -0.39 is 5.82 Å². The van der Waals surface area contributed by atoms with E-state index in [0.29, 0.717) is 42.5 Å². The number of halogens is 2. The van der Waals surface area contributed by atoms with E-state index in [0.717, 1.165) is 5.56 Å². The fourth-order valence-electron chi connectivity index (χ4n) is 3.31. The van der Waals surface area contributed by atoms with Crippen molar-refractivity contribution in [1.82, 2.24) is 10.2 Å². The number of Topliss-reactive ketones (excluding diaryl/α,β-unsaturated/α-hetero) is 1. The van der Waals surface area contributed by atoms with Gasteiger partial charge in [0.1, 0.15) is 5.82 Å². The molecule has 28 heavy (non-hydrogen) atoms. The van der Waals surface area contributed by atoms with Crippen LogP contribution in [-0.4, -0.2) is 42.9 Å². The van der Waals surface area contributed by atoms with Crippen molar-refractivity contribution in [1.29, 1.82) is 0 Å². The molecule has 1 unspecified atom stereocenters. The van der Waals surface area contributed by atoms with Crippen LogP contribution in [0.25, 0.3) is 0 Å². The monoisotopic (exact) mass is 403 g/mol. The van der Waals surface area contributed by atoms with Crippen LogP contribution in [0.2, 0.25) is 5.02 Å². The molecule has 1 N–H and O–H groups in total. The molecule has 7 heteroatoms. The molecule has 148 valence electrons. The highest BCUT2D eigenvalue weighted by Gasteiger charge is 2.24. The molecule has 0 bridgehead atoms. The predicted octanol–water partition coefficient (Wildman–Crippen LogP) is 4.27. The van der Waals surface area contributed by atoms with E-state index in [1.54, 1.807) is 23.1 Å². The number of rotatable bonds is 4. The number of hydrogen-bond acceptors (Lipinski definition) is 3. The number of nitrogens with one attached hydrogen (secondary N) is 1. The fourth-order valence-corrected chi connectivity index (χ4v) is 3.61. The van der Waals surface area contributed by atoms with Gasteiger partial charge in [0.25, 0.3) is 0 Å². The molecule has 1 aliphatic rings. The predicted molar refractivity (Wildman–Crippen MR) is 109 cm³/mol. The van der Waals surface area contributed by atoms with Gasteiger partial charge in [-0.1, -0.05) is 29.8 Å². The third-order valence-electron chi connectivity index (χ3n) is 4.97. The molecular weight excluding hydrogens is 381 g/mol. The van der Waals surface area contributed by atoms with Crippen LogP contribution in [0, 0.1) is 5.82 Å². The van der Waals surface area contributed by atoms with Crippen molar-refractivity contribution >= 4 is 29.1 Å². The van der Waals surface area contributed by atoms with Crippen LogP contribution in [0.4, 0.5) is 14.9 Å². The average molecular weight is 404 g/mol. The van der Waals surface area contributed by atoms with Gasteiger partial charge in [0.15, 0.2) is 5.78 Å². The topological polar surface area (TPSA) is 52.7 Å². The second-order valence-electron chi connectivity index (χ2n) is 6.89. The Kier molecular flexibility index (Phi) is 6.19. The van der Waals surface area contributed by atoms with Crippen molar-refractivity contribution in [3.63, 3.8) is 0 Å². The number of nitrogens with zero attached hydrogens (tertiary/aromatic N) is 2. The second kappa shape index (κ2) is 8.61. The number of hydrogen-bond donors (Lipinski definition) is 1. The average Bonchev–Trinajstić information content (AvgIpc) is 2.68. The molecule has 1 saturated heterocycles. The maximum absolute atomic E-state index is 14.3. The van der Waals surface area contributed by atoms with Gasteiger partial charge in [0, 0.05) is 36.8 Å². The summed E-state index contributed by atoms with van der Waals surface area (Å²) < 4.78 is 14.3. The van der Waals surface area contributed by atoms with E-state index in [-0.39, 0.29) is 17.9 Å². The highest BCUT2D eigenvalue weighted by molar-refractivity contribution is 6.31. The molecule has 1 aliphatic heterocycles. The first-order chi connectivity index (χ1) is 13.4. The summed E-state index contributed by atoms with van der Waals surface area (Å²) in [6, 6.07) is 11.6. The van der Waals surface area contributed by atoms with Crippen molar-refractivity contribution < 1.29 is 14.0 Å². The zero-order valence-corrected chi connectivity index (χ0v) is 16.7. The summed E-state index contributed by atoms with van der Waals surface area (Å²) in [6.07, 6.45) is 0. The molecule has 5 nitrogen and oxygen atoms in total. The minimum atomic E-state index is -0.419. The second-order valence-corrected chi connectivity index (χ2v) is 7.30. The highest BCUT2D eigenvalue weighted by atomic mass is 35.5. The van der Waals surface area contributed by atoms with Gasteiger partial charge < -0.3 is 15.1 Å². The molecule has 0 aromatic heterocycles. The Labute approximate surface area is 169 Å². The molecule has 1 atom stereocenters. The van der Waals surface area contributed by atoms with Gasteiger partial charge in [-0.25, -0.2) is 9.18 Å². The number of piperazine rings is 1. The van der Waals surface area contributed by atoms with Crippen LogP contribution in [0.1, 0.15) is 35.8 Å². The smallest absolute Gasteiger partial charge is 0.317 e. The first-order valence-corrected chi connectivity index (χ1v) is 9.60. The number of benzene rings is 2. The molecule has 2 aromatic rings. The molecule has 3 rings (SSSR count). The van der Waals surface area contributed by atoms with Crippen LogP contribution in [0.5, 0.6) is 0 Å². The third-order valence-corrected chi connectivity index (χ3v) is 5.32. The zero-order valence-electron chi connectivity index (χ0n) is 15.9. The normalized spacial score (nSPS) is 15.3. The Balaban J connectivity index is 1.58. The van der Waals surface area contributed by atoms with Crippen molar-refractivity contribution in [3.05, 3.63) is 64.4 Å². The maximum Gasteiger partial charge on any atom is 0.317 e. The number of amides is 2. The summed E-state index contributed by atoms with van der Waals surface area (Å²) >= 11 is 6.19. The first kappa shape index (κ1) is 20.1. The summed E-state index contributed by atoms with van der Waals surface area (Å²) in [6.45, 7) is 5.30. The Morgan fingerprint density at radius 1 is 1.11 bits per heavy atom. The highest BCUT2D eigenvalue weighted by Crippen LogP contribution is 2.24. The standard InChI is InChI=1S/C21H23ClFN3O2/c1-14(17-5-3-4-6-18(17)22)24-21(28)26-11-9-25(10-12-26)20-8-7-16(15(2)27)13-19(20)23/h3-8,13-14H,9-12H2,1-2H3,(H,24,28). The maximum atomic E-state index is 14.3. The van der Waals surface area contributed by atoms with E-state index >= 15 is 0 Å². The minimum Gasteiger partial charge on any atom is -0.366 e. The lowest BCUT2D eigenvalue weighted by molar-refractivity contribution is 0.101. The lowest BCUT2D eigenvalue weighted by Crippen LogP contribution is -2.52. The Hall–Kier alpha value is -2.60. The van der Waals surface area contributed by atoms with Gasteiger partial charge in [-0.15, -0.1) is 0 Å². The molecule has 1 fully saturated rings. The largest absolute Gasteiger partial charge is 0.366 e. The fraction of sp³-hybridized carbons (Fsp3) is 0.333. The molecule has 0 aliphatic carbocycles. The van der Waals surface area contributed by atoms with Crippen LogP contribution in [0.15, 0.2) is 42.5 Å². The first-order valence-electron chi connectivity index (χ1n) is 9.22. The number of urea groups is 1. The summed E-state index contributed by atoms with van der Waals surface area (Å²) in [4.78, 5) is 27.5. The van der Waals surface area contributed by atoms with E-state index in [4.69, 9.17) is 11.6 Å². The van der Waals surface area contributed by atoms with Gasteiger partial charge in [-0.3, -0.25) is 4.79 Å². The number of carbonyl (C=O) groups excluding carboxylic acids is 2. The van der Waals surface area contributed by atoms with Crippen molar-refractivity contribution in [2.45, 2.75) is 19.9 Å². The quantitative estimate of drug-likeness (QED) is 0.775. The van der Waals surface area contributed by atoms with E-state index in [1.165, 1.54) is 13.0 Å². The number of carbonyl (C=O) groups is 2. The van der Waals surface area contributed by atoms with Gasteiger partial charge in [-0.05, 0) is 43.7 Å². The van der Waals surface area contributed by atoms with Gasteiger partial charge in [0.05, 0.1) is 11.7 Å². The Morgan fingerprint density at radius 2 is 1.79 bits per heavy atom. The van der Waals surface area contributed by atoms with Crippen LogP contribution in [0.3, 0.4) is 0 Å². The lowest BCUT2D eigenvalue weighted by Gasteiger charge is -2.36. The molecule has 2 aromatic carbocycles. The minimum absolute atomic E-state index is 0.167. The summed E-state index contributed by atoms with van der Waals surface area (Å²) in [5, 5.41) is 3.58. The molecule has 1 heterocycles. The SMILES string of the molecule is CC(=O)c1ccc(N2CCN(C(=O)NC(C)c3ccccc3Cl)CC2)c(F)c1. The van der Waals surface area contributed by atoms with Crippen LogP contribution < -0.4 is 10.2 Å². The molecule has 0 spiro atoms. The Morgan fingerprint density at radius 3 is 2.39 bits per heavy atom. The number of anilines is 1. The zero-order chi connectivity index (χ0) is 20.3.